The average molecular weight is 383 g/mol. The van der Waals surface area contributed by atoms with Crippen molar-refractivity contribution in [3.05, 3.63) is 71.8 Å². The number of unbranched alkanes of at least 4 members (excludes halogenated alkanes) is 1. The van der Waals surface area contributed by atoms with Crippen molar-refractivity contribution in [1.29, 1.82) is 0 Å². The summed E-state index contributed by atoms with van der Waals surface area (Å²) in [7, 11) is 0. The molecule has 0 aromatic heterocycles. The molecule has 2 aromatic rings. The van der Waals surface area contributed by atoms with E-state index in [1.165, 1.54) is 0 Å². The number of benzene rings is 2. The summed E-state index contributed by atoms with van der Waals surface area (Å²) in [4.78, 5) is 24.9. The SMILES string of the molecule is CC(NC(=O)C(CCCCN)NC(=O)OCc1ccccc1)c1ccccc1. The lowest BCUT2D eigenvalue weighted by molar-refractivity contribution is -0.123. The number of amides is 2. The van der Waals surface area contributed by atoms with Crippen molar-refractivity contribution in [2.45, 2.75) is 44.9 Å². The predicted molar refractivity (Wildman–Crippen MR) is 109 cm³/mol. The summed E-state index contributed by atoms with van der Waals surface area (Å²) in [6.07, 6.45) is 1.43. The number of carbonyl (C=O) groups excluding carboxylic acids is 2. The van der Waals surface area contributed by atoms with Crippen molar-refractivity contribution in [2.24, 2.45) is 5.73 Å². The molecule has 0 fully saturated rings. The number of hydrogen-bond donors (Lipinski definition) is 3. The molecule has 0 saturated carbocycles. The van der Waals surface area contributed by atoms with E-state index in [2.05, 4.69) is 10.6 Å². The highest BCUT2D eigenvalue weighted by atomic mass is 16.5. The molecule has 2 aromatic carbocycles. The molecule has 0 spiro atoms. The minimum atomic E-state index is -0.666. The number of rotatable bonds is 10. The first kappa shape index (κ1) is 21.4. The molecule has 0 saturated heterocycles. The zero-order valence-electron chi connectivity index (χ0n) is 16.3. The van der Waals surface area contributed by atoms with Gasteiger partial charge in [-0.15, -0.1) is 0 Å². The molecule has 28 heavy (non-hydrogen) atoms. The number of hydrogen-bond acceptors (Lipinski definition) is 4. The first-order valence-electron chi connectivity index (χ1n) is 9.62. The molecule has 6 nitrogen and oxygen atoms in total. The molecule has 2 rings (SSSR count). The van der Waals surface area contributed by atoms with Gasteiger partial charge in [0, 0.05) is 0 Å². The molecule has 0 aliphatic carbocycles. The summed E-state index contributed by atoms with van der Waals surface area (Å²) in [5.74, 6) is -0.231. The van der Waals surface area contributed by atoms with Crippen LogP contribution in [0.4, 0.5) is 4.79 Å². The Morgan fingerprint density at radius 3 is 2.25 bits per heavy atom. The highest BCUT2D eigenvalue weighted by molar-refractivity contribution is 5.85. The van der Waals surface area contributed by atoms with Gasteiger partial charge in [-0.3, -0.25) is 4.79 Å². The van der Waals surface area contributed by atoms with Gasteiger partial charge in [0.05, 0.1) is 6.04 Å². The van der Waals surface area contributed by atoms with Crippen LogP contribution < -0.4 is 16.4 Å². The number of nitrogens with one attached hydrogen (secondary N) is 2. The van der Waals surface area contributed by atoms with E-state index >= 15 is 0 Å². The first-order valence-corrected chi connectivity index (χ1v) is 9.62. The third-order valence-corrected chi connectivity index (χ3v) is 4.43. The Morgan fingerprint density at radius 2 is 1.61 bits per heavy atom. The predicted octanol–water partition coefficient (Wildman–Crippen LogP) is 3.29. The monoisotopic (exact) mass is 383 g/mol. The average Bonchev–Trinajstić information content (AvgIpc) is 2.73. The van der Waals surface area contributed by atoms with Gasteiger partial charge in [-0.25, -0.2) is 4.79 Å². The van der Waals surface area contributed by atoms with Crippen LogP contribution >= 0.6 is 0 Å². The fourth-order valence-electron chi connectivity index (χ4n) is 2.81. The summed E-state index contributed by atoms with van der Waals surface area (Å²) in [5.41, 5.74) is 7.44. The molecule has 0 aliphatic rings. The number of nitrogens with two attached hydrogens (primary N) is 1. The molecule has 4 N–H and O–H groups in total. The van der Waals surface area contributed by atoms with Crippen LogP contribution in [-0.4, -0.2) is 24.6 Å². The van der Waals surface area contributed by atoms with Crippen molar-refractivity contribution in [3.8, 4) is 0 Å². The van der Waals surface area contributed by atoms with Gasteiger partial charge in [0.25, 0.3) is 0 Å². The molecular weight excluding hydrogens is 354 g/mol. The Bertz CT molecular complexity index is 722. The van der Waals surface area contributed by atoms with Gasteiger partial charge in [0.15, 0.2) is 0 Å². The number of alkyl carbamates (subject to hydrolysis) is 1. The van der Waals surface area contributed by atoms with Gasteiger partial charge >= 0.3 is 6.09 Å². The second kappa shape index (κ2) is 11.8. The van der Waals surface area contributed by atoms with Crippen molar-refractivity contribution in [2.75, 3.05) is 6.54 Å². The van der Waals surface area contributed by atoms with Gasteiger partial charge in [0.2, 0.25) is 5.91 Å². The van der Waals surface area contributed by atoms with Crippen molar-refractivity contribution in [3.63, 3.8) is 0 Å². The molecule has 2 unspecified atom stereocenters. The molecule has 0 bridgehead atoms. The Morgan fingerprint density at radius 1 is 0.964 bits per heavy atom. The van der Waals surface area contributed by atoms with Crippen LogP contribution in [-0.2, 0) is 16.1 Å². The first-order chi connectivity index (χ1) is 13.6. The van der Waals surface area contributed by atoms with Gasteiger partial charge in [-0.05, 0) is 43.9 Å². The van der Waals surface area contributed by atoms with Crippen LogP contribution in [0.25, 0.3) is 0 Å². The van der Waals surface area contributed by atoms with Gasteiger partial charge in [0.1, 0.15) is 12.6 Å². The maximum Gasteiger partial charge on any atom is 0.408 e. The molecular formula is C22H29N3O3. The molecule has 0 heterocycles. The van der Waals surface area contributed by atoms with Crippen molar-refractivity contribution in [1.82, 2.24) is 10.6 Å². The molecule has 2 atom stereocenters. The third kappa shape index (κ3) is 7.40. The number of carbonyl (C=O) groups is 2. The minimum Gasteiger partial charge on any atom is -0.445 e. The zero-order chi connectivity index (χ0) is 20.2. The van der Waals surface area contributed by atoms with Gasteiger partial charge in [-0.2, -0.15) is 0 Å². The Balaban J connectivity index is 1.91. The van der Waals surface area contributed by atoms with Crippen LogP contribution in [0.3, 0.4) is 0 Å². The molecule has 150 valence electrons. The quantitative estimate of drug-likeness (QED) is 0.549. The van der Waals surface area contributed by atoms with E-state index in [0.717, 1.165) is 24.0 Å². The number of ether oxygens (including phenoxy) is 1. The van der Waals surface area contributed by atoms with Crippen LogP contribution in [0, 0.1) is 0 Å². The lowest BCUT2D eigenvalue weighted by Gasteiger charge is -2.21. The molecule has 0 aliphatic heterocycles. The zero-order valence-corrected chi connectivity index (χ0v) is 16.3. The maximum atomic E-state index is 12.7. The summed E-state index contributed by atoms with van der Waals surface area (Å²) >= 11 is 0. The van der Waals surface area contributed by atoms with E-state index < -0.39 is 12.1 Å². The van der Waals surface area contributed by atoms with E-state index in [1.54, 1.807) is 0 Å². The van der Waals surface area contributed by atoms with E-state index in [1.807, 2.05) is 67.6 Å². The maximum absolute atomic E-state index is 12.7. The summed E-state index contributed by atoms with van der Waals surface area (Å²) in [6.45, 7) is 2.62. The summed E-state index contributed by atoms with van der Waals surface area (Å²) < 4.78 is 5.25. The summed E-state index contributed by atoms with van der Waals surface area (Å²) in [6, 6.07) is 18.3. The van der Waals surface area contributed by atoms with Crippen LogP contribution in [0.1, 0.15) is 43.4 Å². The van der Waals surface area contributed by atoms with Crippen LogP contribution in [0.2, 0.25) is 0 Å². The van der Waals surface area contributed by atoms with Crippen LogP contribution in [0.5, 0.6) is 0 Å². The smallest absolute Gasteiger partial charge is 0.408 e. The van der Waals surface area contributed by atoms with E-state index in [-0.39, 0.29) is 18.6 Å². The lowest BCUT2D eigenvalue weighted by Crippen LogP contribution is -2.47. The second-order valence-corrected chi connectivity index (χ2v) is 6.68. The second-order valence-electron chi connectivity index (χ2n) is 6.68. The van der Waals surface area contributed by atoms with E-state index in [4.69, 9.17) is 10.5 Å². The normalized spacial score (nSPS) is 12.6. The lowest BCUT2D eigenvalue weighted by atomic mass is 10.1. The van der Waals surface area contributed by atoms with Crippen LogP contribution in [0.15, 0.2) is 60.7 Å². The Kier molecular flexibility index (Phi) is 9.01. The summed E-state index contributed by atoms with van der Waals surface area (Å²) in [5, 5.41) is 5.65. The fraction of sp³-hybridized carbons (Fsp3) is 0.364. The van der Waals surface area contributed by atoms with Crippen molar-refractivity contribution >= 4 is 12.0 Å². The molecule has 6 heteroatoms. The van der Waals surface area contributed by atoms with E-state index in [9.17, 15) is 9.59 Å². The third-order valence-electron chi connectivity index (χ3n) is 4.43. The van der Waals surface area contributed by atoms with Gasteiger partial charge in [-0.1, -0.05) is 60.7 Å². The highest BCUT2D eigenvalue weighted by Crippen LogP contribution is 2.12. The fourth-order valence-corrected chi connectivity index (χ4v) is 2.81. The standard InChI is InChI=1S/C22H29N3O3/c1-17(19-12-6-3-7-13-19)24-21(26)20(14-8-9-15-23)25-22(27)28-16-18-10-4-2-5-11-18/h2-7,10-13,17,20H,8-9,14-16,23H2,1H3,(H,24,26)(H,25,27). The topological polar surface area (TPSA) is 93.5 Å². The molecule has 0 radical (unpaired) electrons. The Labute approximate surface area is 166 Å². The van der Waals surface area contributed by atoms with E-state index in [0.29, 0.717) is 13.0 Å². The molecule has 2 amide bonds. The minimum absolute atomic E-state index is 0.157. The van der Waals surface area contributed by atoms with Crippen molar-refractivity contribution < 1.29 is 14.3 Å². The largest absolute Gasteiger partial charge is 0.445 e. The highest BCUT2D eigenvalue weighted by Gasteiger charge is 2.22. The van der Waals surface area contributed by atoms with Gasteiger partial charge < -0.3 is 21.1 Å². The Hall–Kier alpha value is -2.86.